The zero-order chi connectivity index (χ0) is 18.4. The molecule has 0 saturated carbocycles. The van der Waals surface area contributed by atoms with Crippen molar-refractivity contribution in [3.63, 3.8) is 0 Å². The lowest BCUT2D eigenvalue weighted by molar-refractivity contribution is 0.414. The van der Waals surface area contributed by atoms with Gasteiger partial charge in [-0.05, 0) is 48.5 Å². The first-order valence-electron chi connectivity index (χ1n) is 8.03. The first-order valence-corrected chi connectivity index (χ1v) is 9.69. The number of hydrogen-bond acceptors (Lipinski definition) is 4. The number of nitrogens with one attached hydrogen (secondary N) is 1. The van der Waals surface area contributed by atoms with Crippen LogP contribution in [-0.4, -0.2) is 23.8 Å². The standard InChI is InChI=1S/C19H18ClN3OS2/c1-24-15-6-4-5-14(13-15)9-11-23(19-21-10-12-26-19)18(25)22-17-8-3-2-7-16(17)20/h2-8,10,12-13H,9,11H2,1H3,(H,22,25). The minimum atomic E-state index is 0.566. The summed E-state index contributed by atoms with van der Waals surface area (Å²) in [6.07, 6.45) is 2.58. The van der Waals surface area contributed by atoms with Gasteiger partial charge in [-0.3, -0.25) is 4.90 Å². The molecule has 26 heavy (non-hydrogen) atoms. The van der Waals surface area contributed by atoms with Gasteiger partial charge < -0.3 is 10.1 Å². The van der Waals surface area contributed by atoms with Crippen LogP contribution in [0.2, 0.25) is 5.02 Å². The average molecular weight is 404 g/mol. The lowest BCUT2D eigenvalue weighted by atomic mass is 10.1. The molecule has 1 N–H and O–H groups in total. The second kappa shape index (κ2) is 8.98. The lowest BCUT2D eigenvalue weighted by Gasteiger charge is -2.23. The first-order chi connectivity index (χ1) is 12.7. The molecule has 1 heterocycles. The first kappa shape index (κ1) is 18.6. The number of hydrogen-bond donors (Lipinski definition) is 1. The summed E-state index contributed by atoms with van der Waals surface area (Å²) in [5.74, 6) is 0.847. The molecule has 0 amide bonds. The number of anilines is 2. The third-order valence-electron chi connectivity index (χ3n) is 3.77. The highest BCUT2D eigenvalue weighted by Gasteiger charge is 2.16. The van der Waals surface area contributed by atoms with Crippen LogP contribution in [0.1, 0.15) is 5.56 Å². The van der Waals surface area contributed by atoms with Gasteiger partial charge in [0, 0.05) is 18.1 Å². The minimum Gasteiger partial charge on any atom is -0.497 e. The van der Waals surface area contributed by atoms with E-state index in [4.69, 9.17) is 28.6 Å². The molecule has 3 rings (SSSR count). The Morgan fingerprint density at radius 1 is 1.27 bits per heavy atom. The second-order valence-electron chi connectivity index (χ2n) is 5.48. The van der Waals surface area contributed by atoms with Crippen LogP contribution in [-0.2, 0) is 6.42 Å². The van der Waals surface area contributed by atoms with Crippen LogP contribution < -0.4 is 15.0 Å². The summed E-state index contributed by atoms with van der Waals surface area (Å²) in [5.41, 5.74) is 1.95. The summed E-state index contributed by atoms with van der Waals surface area (Å²) in [5, 5.41) is 7.20. The van der Waals surface area contributed by atoms with Gasteiger partial charge in [-0.1, -0.05) is 35.9 Å². The molecule has 0 aliphatic rings. The van der Waals surface area contributed by atoms with E-state index in [0.717, 1.165) is 23.0 Å². The Balaban J connectivity index is 1.75. The number of aromatic nitrogens is 1. The molecule has 1 aromatic heterocycles. The molecule has 0 bridgehead atoms. The molecule has 0 aliphatic carbocycles. The van der Waals surface area contributed by atoms with Crippen molar-refractivity contribution in [3.8, 4) is 5.75 Å². The number of methoxy groups -OCH3 is 1. The minimum absolute atomic E-state index is 0.566. The van der Waals surface area contributed by atoms with E-state index in [9.17, 15) is 0 Å². The zero-order valence-corrected chi connectivity index (χ0v) is 16.6. The highest BCUT2D eigenvalue weighted by Crippen LogP contribution is 2.24. The fourth-order valence-electron chi connectivity index (χ4n) is 2.45. The summed E-state index contributed by atoms with van der Waals surface area (Å²) < 4.78 is 5.30. The second-order valence-corrected chi connectivity index (χ2v) is 7.14. The predicted octanol–water partition coefficient (Wildman–Crippen LogP) is 5.25. The number of ether oxygens (including phenoxy) is 1. The fraction of sp³-hybridized carbons (Fsp3) is 0.158. The molecule has 0 saturated heterocycles. The Kier molecular flexibility index (Phi) is 6.44. The molecule has 0 aliphatic heterocycles. The fourth-order valence-corrected chi connectivity index (χ4v) is 3.65. The van der Waals surface area contributed by atoms with Gasteiger partial charge in [0.25, 0.3) is 0 Å². The van der Waals surface area contributed by atoms with Crippen LogP contribution in [0.3, 0.4) is 0 Å². The van der Waals surface area contributed by atoms with Gasteiger partial charge in [-0.15, -0.1) is 11.3 Å². The van der Waals surface area contributed by atoms with Crippen LogP contribution in [0.4, 0.5) is 10.8 Å². The summed E-state index contributed by atoms with van der Waals surface area (Å²) in [6, 6.07) is 15.6. The summed E-state index contributed by atoms with van der Waals surface area (Å²) in [7, 11) is 1.67. The van der Waals surface area contributed by atoms with E-state index in [1.165, 1.54) is 5.56 Å². The highest BCUT2D eigenvalue weighted by molar-refractivity contribution is 7.80. The Morgan fingerprint density at radius 3 is 2.85 bits per heavy atom. The molecule has 2 aromatic carbocycles. The number of rotatable bonds is 6. The quantitative estimate of drug-likeness (QED) is 0.569. The number of para-hydroxylation sites is 1. The van der Waals surface area contributed by atoms with Crippen molar-refractivity contribution in [1.29, 1.82) is 0 Å². The van der Waals surface area contributed by atoms with Crippen LogP contribution in [0.15, 0.2) is 60.1 Å². The van der Waals surface area contributed by atoms with Crippen molar-refractivity contribution >= 4 is 51.1 Å². The van der Waals surface area contributed by atoms with Crippen molar-refractivity contribution in [2.45, 2.75) is 6.42 Å². The van der Waals surface area contributed by atoms with Gasteiger partial charge in [0.15, 0.2) is 10.2 Å². The van der Waals surface area contributed by atoms with E-state index in [1.54, 1.807) is 24.6 Å². The lowest BCUT2D eigenvalue weighted by Crippen LogP contribution is -2.36. The number of benzene rings is 2. The van der Waals surface area contributed by atoms with Crippen molar-refractivity contribution < 1.29 is 4.74 Å². The Bertz CT molecular complexity index is 871. The normalized spacial score (nSPS) is 10.4. The van der Waals surface area contributed by atoms with Gasteiger partial charge in [-0.2, -0.15) is 0 Å². The largest absolute Gasteiger partial charge is 0.497 e. The van der Waals surface area contributed by atoms with Crippen molar-refractivity contribution in [3.05, 3.63) is 70.7 Å². The van der Waals surface area contributed by atoms with E-state index < -0.39 is 0 Å². The number of thiazole rings is 1. The van der Waals surface area contributed by atoms with Crippen LogP contribution in [0, 0.1) is 0 Å². The van der Waals surface area contributed by atoms with E-state index in [0.29, 0.717) is 16.7 Å². The predicted molar refractivity (Wildman–Crippen MR) is 114 cm³/mol. The molecule has 0 atom stereocenters. The highest BCUT2D eigenvalue weighted by atomic mass is 35.5. The van der Waals surface area contributed by atoms with Gasteiger partial charge in [0.05, 0.1) is 17.8 Å². The number of nitrogens with zero attached hydrogens (tertiary/aromatic N) is 2. The molecule has 0 radical (unpaired) electrons. The topological polar surface area (TPSA) is 37.4 Å². The number of thiocarbonyl (C=S) groups is 1. The summed E-state index contributed by atoms with van der Waals surface area (Å²) >= 11 is 13.4. The number of halogens is 1. The maximum atomic E-state index is 6.24. The van der Waals surface area contributed by atoms with Crippen LogP contribution >= 0.6 is 35.2 Å². The SMILES string of the molecule is COc1cccc(CCN(C(=S)Nc2ccccc2Cl)c2nccs2)c1. The summed E-state index contributed by atoms with van der Waals surface area (Å²) in [4.78, 5) is 6.40. The maximum Gasteiger partial charge on any atom is 0.191 e. The summed E-state index contributed by atoms with van der Waals surface area (Å²) in [6.45, 7) is 0.691. The van der Waals surface area contributed by atoms with Gasteiger partial charge in [0.2, 0.25) is 0 Å². The van der Waals surface area contributed by atoms with Crippen molar-refractivity contribution in [2.24, 2.45) is 0 Å². The zero-order valence-electron chi connectivity index (χ0n) is 14.2. The third kappa shape index (κ3) is 4.72. The molecule has 4 nitrogen and oxygen atoms in total. The molecule has 0 fully saturated rings. The van der Waals surface area contributed by atoms with E-state index in [1.807, 2.05) is 52.7 Å². The molecule has 0 spiro atoms. The molecule has 7 heteroatoms. The smallest absolute Gasteiger partial charge is 0.191 e. The van der Waals surface area contributed by atoms with E-state index in [-0.39, 0.29) is 0 Å². The Morgan fingerprint density at radius 2 is 2.12 bits per heavy atom. The molecular weight excluding hydrogens is 386 g/mol. The molecular formula is C19H18ClN3OS2. The van der Waals surface area contributed by atoms with Gasteiger partial charge >= 0.3 is 0 Å². The van der Waals surface area contributed by atoms with Crippen molar-refractivity contribution in [1.82, 2.24) is 4.98 Å². The van der Waals surface area contributed by atoms with E-state index >= 15 is 0 Å². The third-order valence-corrected chi connectivity index (χ3v) is 5.22. The Hall–Kier alpha value is -2.15. The molecule has 3 aromatic rings. The van der Waals surface area contributed by atoms with Crippen LogP contribution in [0.25, 0.3) is 0 Å². The average Bonchev–Trinajstić information content (AvgIpc) is 3.18. The monoisotopic (exact) mass is 403 g/mol. The van der Waals surface area contributed by atoms with Gasteiger partial charge in [-0.25, -0.2) is 4.98 Å². The molecule has 134 valence electrons. The van der Waals surface area contributed by atoms with E-state index in [2.05, 4.69) is 16.4 Å². The maximum absolute atomic E-state index is 6.24. The van der Waals surface area contributed by atoms with Gasteiger partial charge in [0.1, 0.15) is 5.75 Å². The Labute approximate surface area is 167 Å². The van der Waals surface area contributed by atoms with Crippen molar-refractivity contribution in [2.75, 3.05) is 23.9 Å². The molecule has 0 unspecified atom stereocenters. The van der Waals surface area contributed by atoms with Crippen LogP contribution in [0.5, 0.6) is 5.75 Å².